The maximum Gasteiger partial charge on any atom is 0.244 e. The first-order valence-electron chi connectivity index (χ1n) is 10.8. The van der Waals surface area contributed by atoms with Gasteiger partial charge in [0.1, 0.15) is 5.82 Å². The third-order valence-electron chi connectivity index (χ3n) is 6.39. The largest absolute Gasteiger partial charge is 0.367 e. The molecule has 2 aliphatic heterocycles. The van der Waals surface area contributed by atoms with Crippen molar-refractivity contribution in [1.29, 1.82) is 0 Å². The molecule has 1 atom stereocenters. The lowest BCUT2D eigenvalue weighted by Gasteiger charge is -2.38. The Morgan fingerprint density at radius 2 is 2.00 bits per heavy atom. The maximum atomic E-state index is 14.1. The Kier molecular flexibility index (Phi) is 5.33. The van der Waals surface area contributed by atoms with E-state index in [9.17, 15) is 9.18 Å². The fourth-order valence-corrected chi connectivity index (χ4v) is 5.89. The fraction of sp³-hybridized carbons (Fsp3) is 0.478. The van der Waals surface area contributed by atoms with Gasteiger partial charge in [-0.1, -0.05) is 12.1 Å². The zero-order valence-corrected chi connectivity index (χ0v) is 18.1. The summed E-state index contributed by atoms with van der Waals surface area (Å²) in [7, 11) is 0. The van der Waals surface area contributed by atoms with E-state index in [-0.39, 0.29) is 17.6 Å². The molecule has 0 spiro atoms. The van der Waals surface area contributed by atoms with Crippen molar-refractivity contribution in [2.24, 2.45) is 11.0 Å². The molecular formula is C23H27FN4OS. The van der Waals surface area contributed by atoms with E-state index < -0.39 is 0 Å². The number of benzene rings is 1. The average Bonchev–Trinajstić information content (AvgIpc) is 3.03. The SMILES string of the molecule is Cc1cc2c(s1)CCCC1CC(=O)N(CN3CCN(c4ccccc4F)CC3)N=C21. The third-order valence-corrected chi connectivity index (χ3v) is 7.50. The number of nitrogens with zero attached hydrogens (tertiary/aromatic N) is 4. The lowest BCUT2D eigenvalue weighted by Crippen LogP contribution is -2.51. The molecular weight excluding hydrogens is 399 g/mol. The Labute approximate surface area is 180 Å². The summed E-state index contributed by atoms with van der Waals surface area (Å²) in [5.41, 5.74) is 3.03. The van der Waals surface area contributed by atoms with E-state index in [0.717, 1.165) is 51.2 Å². The highest BCUT2D eigenvalue weighted by molar-refractivity contribution is 7.12. The van der Waals surface area contributed by atoms with E-state index in [0.29, 0.717) is 18.8 Å². The van der Waals surface area contributed by atoms with E-state index in [1.165, 1.54) is 21.4 Å². The van der Waals surface area contributed by atoms with Crippen LogP contribution in [0.15, 0.2) is 35.4 Å². The van der Waals surface area contributed by atoms with Crippen molar-refractivity contribution in [3.05, 3.63) is 51.5 Å². The quantitative estimate of drug-likeness (QED) is 0.748. The van der Waals surface area contributed by atoms with Gasteiger partial charge in [-0.05, 0) is 44.4 Å². The second kappa shape index (κ2) is 8.12. The number of piperazine rings is 1. The molecule has 1 fully saturated rings. The normalized spacial score (nSPS) is 22.4. The summed E-state index contributed by atoms with van der Waals surface area (Å²) >= 11 is 1.87. The summed E-state index contributed by atoms with van der Waals surface area (Å²) < 4.78 is 14.1. The van der Waals surface area contributed by atoms with Gasteiger partial charge in [-0.15, -0.1) is 11.3 Å². The van der Waals surface area contributed by atoms with Gasteiger partial charge in [0.05, 0.1) is 18.1 Å². The molecule has 0 N–H and O–H groups in total. The molecule has 7 heteroatoms. The van der Waals surface area contributed by atoms with Crippen molar-refractivity contribution in [3.63, 3.8) is 0 Å². The minimum atomic E-state index is -0.176. The molecule has 1 aromatic carbocycles. The predicted octanol–water partition coefficient (Wildman–Crippen LogP) is 3.86. The Morgan fingerprint density at radius 3 is 2.80 bits per heavy atom. The first-order chi connectivity index (χ1) is 14.6. The van der Waals surface area contributed by atoms with Gasteiger partial charge >= 0.3 is 0 Å². The lowest BCUT2D eigenvalue weighted by atomic mass is 9.91. The molecule has 1 unspecified atom stereocenters. The highest BCUT2D eigenvalue weighted by Gasteiger charge is 2.34. The third kappa shape index (κ3) is 3.76. The number of anilines is 1. The van der Waals surface area contributed by atoms with Crippen LogP contribution in [0.25, 0.3) is 0 Å². The van der Waals surface area contributed by atoms with E-state index in [2.05, 4.69) is 22.8 Å². The average molecular weight is 427 g/mol. The molecule has 30 heavy (non-hydrogen) atoms. The van der Waals surface area contributed by atoms with E-state index in [1.807, 2.05) is 23.5 Å². The fourth-order valence-electron chi connectivity index (χ4n) is 4.81. The summed E-state index contributed by atoms with van der Waals surface area (Å²) in [6, 6.07) is 9.18. The molecule has 1 aromatic heterocycles. The Bertz CT molecular complexity index is 979. The first-order valence-corrected chi connectivity index (χ1v) is 11.6. The Hall–Kier alpha value is -2.25. The summed E-state index contributed by atoms with van der Waals surface area (Å²) in [5.74, 6) is 0.197. The number of hydrogen-bond acceptors (Lipinski definition) is 5. The molecule has 3 aliphatic rings. The van der Waals surface area contributed by atoms with Gasteiger partial charge < -0.3 is 4.90 Å². The van der Waals surface area contributed by atoms with Crippen LogP contribution in [-0.4, -0.2) is 54.4 Å². The van der Waals surface area contributed by atoms with Gasteiger partial charge in [-0.25, -0.2) is 9.40 Å². The molecule has 1 saturated heterocycles. The Morgan fingerprint density at radius 1 is 1.20 bits per heavy atom. The number of fused-ring (bicyclic) bond motifs is 3. The molecule has 5 rings (SSSR count). The predicted molar refractivity (Wildman–Crippen MR) is 119 cm³/mol. The number of hydrogen-bond donors (Lipinski definition) is 0. The van der Waals surface area contributed by atoms with Gasteiger partial charge in [0.15, 0.2) is 0 Å². The van der Waals surface area contributed by atoms with Crippen LogP contribution >= 0.6 is 11.3 Å². The van der Waals surface area contributed by atoms with E-state index in [1.54, 1.807) is 11.1 Å². The lowest BCUT2D eigenvalue weighted by molar-refractivity contribution is -0.135. The highest BCUT2D eigenvalue weighted by atomic mass is 32.1. The van der Waals surface area contributed by atoms with Crippen molar-refractivity contribution in [2.75, 3.05) is 37.7 Å². The van der Waals surface area contributed by atoms with Crippen molar-refractivity contribution in [1.82, 2.24) is 9.91 Å². The number of hydrazone groups is 1. The van der Waals surface area contributed by atoms with Crippen LogP contribution < -0.4 is 4.90 Å². The number of aryl methyl sites for hydroxylation is 2. The molecule has 158 valence electrons. The zero-order chi connectivity index (χ0) is 20.7. The van der Waals surface area contributed by atoms with Gasteiger partial charge in [0.25, 0.3) is 0 Å². The van der Waals surface area contributed by atoms with E-state index >= 15 is 0 Å². The van der Waals surface area contributed by atoms with Crippen LogP contribution in [0.1, 0.15) is 34.6 Å². The number of halogens is 1. The summed E-state index contributed by atoms with van der Waals surface area (Å²) in [5, 5.41) is 6.55. The molecule has 1 aliphatic carbocycles. The van der Waals surface area contributed by atoms with Crippen molar-refractivity contribution in [3.8, 4) is 0 Å². The van der Waals surface area contributed by atoms with Gasteiger partial charge in [-0.3, -0.25) is 9.69 Å². The molecule has 2 aromatic rings. The summed E-state index contributed by atoms with van der Waals surface area (Å²) in [4.78, 5) is 19.9. The summed E-state index contributed by atoms with van der Waals surface area (Å²) in [6.07, 6.45) is 3.82. The van der Waals surface area contributed by atoms with Crippen LogP contribution in [0, 0.1) is 18.7 Å². The molecule has 0 radical (unpaired) electrons. The molecule has 1 amide bonds. The minimum Gasteiger partial charge on any atom is -0.367 e. The number of carbonyl (C=O) groups excluding carboxylic acids is 1. The van der Waals surface area contributed by atoms with Gasteiger partial charge in [-0.2, -0.15) is 5.10 Å². The van der Waals surface area contributed by atoms with Crippen LogP contribution in [0.2, 0.25) is 0 Å². The van der Waals surface area contributed by atoms with Crippen LogP contribution in [0.3, 0.4) is 0 Å². The van der Waals surface area contributed by atoms with Crippen molar-refractivity contribution < 1.29 is 9.18 Å². The van der Waals surface area contributed by atoms with E-state index in [4.69, 9.17) is 5.10 Å². The first kappa shape index (κ1) is 19.7. The number of para-hydroxylation sites is 1. The minimum absolute atomic E-state index is 0.121. The second-order valence-electron chi connectivity index (χ2n) is 8.46. The van der Waals surface area contributed by atoms with Crippen LogP contribution in [-0.2, 0) is 11.2 Å². The van der Waals surface area contributed by atoms with Gasteiger partial charge in [0.2, 0.25) is 5.91 Å². The molecule has 3 heterocycles. The van der Waals surface area contributed by atoms with Crippen molar-refractivity contribution in [2.45, 2.75) is 32.6 Å². The highest BCUT2D eigenvalue weighted by Crippen LogP contribution is 2.35. The molecule has 0 saturated carbocycles. The van der Waals surface area contributed by atoms with Crippen LogP contribution in [0.5, 0.6) is 0 Å². The standard InChI is InChI=1S/C23H27FN4OS/c1-16-13-18-21(30-16)8-4-5-17-14-22(29)28(25-23(17)18)15-26-9-11-27(12-10-26)20-7-3-2-6-19(20)24/h2-3,6-7,13,17H,4-5,8-12,14-15H2,1H3. The monoisotopic (exact) mass is 426 g/mol. The Balaban J connectivity index is 1.29. The molecule has 5 nitrogen and oxygen atoms in total. The smallest absolute Gasteiger partial charge is 0.244 e. The number of thiophene rings is 1. The van der Waals surface area contributed by atoms with Crippen LogP contribution in [0.4, 0.5) is 10.1 Å². The summed E-state index contributed by atoms with van der Waals surface area (Å²) in [6.45, 7) is 5.73. The number of rotatable bonds is 3. The van der Waals surface area contributed by atoms with Crippen molar-refractivity contribution >= 4 is 28.6 Å². The second-order valence-corrected chi connectivity index (χ2v) is 9.80. The van der Waals surface area contributed by atoms with Gasteiger partial charge in [0, 0.05) is 53.8 Å². The molecule has 0 bridgehead atoms. The maximum absolute atomic E-state index is 14.1. The topological polar surface area (TPSA) is 39.2 Å². The number of amides is 1. The zero-order valence-electron chi connectivity index (χ0n) is 17.3. The number of carbonyl (C=O) groups is 1.